The first-order chi connectivity index (χ1) is 16.0. The van der Waals surface area contributed by atoms with Crippen LogP contribution in [0.3, 0.4) is 0 Å². The summed E-state index contributed by atoms with van der Waals surface area (Å²) in [5.74, 6) is 1.68. The van der Waals surface area contributed by atoms with Gasteiger partial charge in [-0.3, -0.25) is 9.59 Å². The van der Waals surface area contributed by atoms with E-state index in [0.29, 0.717) is 55.1 Å². The van der Waals surface area contributed by atoms with Crippen molar-refractivity contribution < 1.29 is 14.3 Å². The molecule has 1 aliphatic heterocycles. The van der Waals surface area contributed by atoms with Crippen molar-refractivity contribution in [1.82, 2.24) is 29.6 Å². The molecule has 3 heterocycles. The molecular formula is C23H23N7O3. The number of nitrogens with one attached hydrogen (secondary N) is 1. The van der Waals surface area contributed by atoms with Crippen LogP contribution in [0.25, 0.3) is 22.4 Å². The largest absolute Gasteiger partial charge is 0.384 e. The number of aromatic nitrogens is 5. The van der Waals surface area contributed by atoms with Crippen molar-refractivity contribution >= 4 is 22.8 Å². The molecule has 0 aliphatic carbocycles. The maximum absolute atomic E-state index is 13.1. The third-order valence-electron chi connectivity index (χ3n) is 5.83. The van der Waals surface area contributed by atoms with E-state index in [9.17, 15) is 9.59 Å². The smallest absolute Gasteiger partial charge is 0.254 e. The maximum atomic E-state index is 13.1. The van der Waals surface area contributed by atoms with Gasteiger partial charge >= 0.3 is 0 Å². The van der Waals surface area contributed by atoms with E-state index >= 15 is 0 Å². The molecule has 2 aromatic heterocycles. The molecule has 33 heavy (non-hydrogen) atoms. The van der Waals surface area contributed by atoms with Gasteiger partial charge in [-0.2, -0.15) is 0 Å². The number of imidazole rings is 1. The van der Waals surface area contributed by atoms with Crippen molar-refractivity contribution in [2.75, 3.05) is 20.3 Å². The summed E-state index contributed by atoms with van der Waals surface area (Å²) >= 11 is 0. The average Bonchev–Trinajstić information content (AvgIpc) is 3.46. The lowest BCUT2D eigenvalue weighted by Gasteiger charge is -2.28. The number of amides is 2. The summed E-state index contributed by atoms with van der Waals surface area (Å²) in [4.78, 5) is 34.3. The Labute approximate surface area is 189 Å². The van der Waals surface area contributed by atoms with Crippen LogP contribution in [0, 0.1) is 0 Å². The van der Waals surface area contributed by atoms with Gasteiger partial charge in [-0.1, -0.05) is 18.2 Å². The summed E-state index contributed by atoms with van der Waals surface area (Å²) in [6, 6.07) is 12.5. The van der Waals surface area contributed by atoms with Gasteiger partial charge < -0.3 is 24.9 Å². The second kappa shape index (κ2) is 8.47. The first-order valence-electron chi connectivity index (χ1n) is 10.6. The number of nitrogens with two attached hydrogens (primary N) is 1. The lowest BCUT2D eigenvalue weighted by molar-refractivity contribution is 0.0705. The number of hydrogen-bond donors (Lipinski definition) is 2. The van der Waals surface area contributed by atoms with Gasteiger partial charge in [-0.25, -0.2) is 4.98 Å². The Morgan fingerprint density at radius 3 is 2.70 bits per heavy atom. The van der Waals surface area contributed by atoms with Crippen LogP contribution in [0.4, 0.5) is 0 Å². The van der Waals surface area contributed by atoms with Crippen molar-refractivity contribution in [3.05, 3.63) is 65.2 Å². The molecule has 0 bridgehead atoms. The Kier molecular flexibility index (Phi) is 5.35. The predicted octanol–water partition coefficient (Wildman–Crippen LogP) is 1.77. The van der Waals surface area contributed by atoms with Crippen LogP contribution in [0.15, 0.2) is 42.5 Å². The minimum absolute atomic E-state index is 0.0603. The van der Waals surface area contributed by atoms with Crippen LogP contribution in [-0.2, 0) is 24.2 Å². The molecule has 3 N–H and O–H groups in total. The molecule has 0 saturated heterocycles. The second-order valence-electron chi connectivity index (χ2n) is 7.88. The minimum Gasteiger partial charge on any atom is -0.384 e. The van der Waals surface area contributed by atoms with Crippen molar-refractivity contribution in [1.29, 1.82) is 0 Å². The van der Waals surface area contributed by atoms with Gasteiger partial charge in [0, 0.05) is 37.7 Å². The molecule has 5 rings (SSSR count). The number of fused-ring (bicyclic) bond motifs is 2. The second-order valence-corrected chi connectivity index (χ2v) is 7.88. The predicted molar refractivity (Wildman–Crippen MR) is 120 cm³/mol. The molecule has 2 aromatic carbocycles. The Bertz CT molecular complexity index is 1340. The lowest BCUT2D eigenvalue weighted by Crippen LogP contribution is -2.38. The average molecular weight is 445 g/mol. The van der Waals surface area contributed by atoms with Crippen LogP contribution >= 0.6 is 0 Å². The van der Waals surface area contributed by atoms with E-state index in [0.717, 1.165) is 22.7 Å². The number of nitrogens with zero attached hydrogens (tertiary/aromatic N) is 5. The third kappa shape index (κ3) is 3.85. The topological polar surface area (TPSA) is 132 Å². The summed E-state index contributed by atoms with van der Waals surface area (Å²) in [5.41, 5.74) is 8.46. The zero-order valence-corrected chi connectivity index (χ0v) is 18.1. The van der Waals surface area contributed by atoms with Crippen molar-refractivity contribution in [2.45, 2.75) is 19.5 Å². The van der Waals surface area contributed by atoms with Gasteiger partial charge in [0.25, 0.3) is 11.8 Å². The number of methoxy groups -OCH3 is 1. The molecular weight excluding hydrogens is 422 g/mol. The van der Waals surface area contributed by atoms with Crippen LogP contribution < -0.4 is 5.73 Å². The van der Waals surface area contributed by atoms with Gasteiger partial charge in [-0.15, -0.1) is 10.2 Å². The summed E-state index contributed by atoms with van der Waals surface area (Å²) in [5, 5.41) is 8.49. The molecule has 10 nitrogen and oxygen atoms in total. The standard InChI is InChI=1S/C23H23N7O3/c1-33-12-9-18-27-28-19-13-29(10-11-30(18)19)23(32)15-7-5-14(6-8-15)22-25-17-4-2-3-16(21(24)31)20(17)26-22/h2-8H,9-13H2,1H3,(H2,24,31)(H,25,26). The molecule has 10 heteroatoms. The molecule has 0 radical (unpaired) electrons. The number of carbonyl (C=O) groups excluding carboxylic acids is 2. The SMILES string of the molecule is COCCc1nnc2n1CCN(C(=O)c1ccc(-c3nc4c(C(N)=O)cccc4[nH]3)cc1)C2. The monoisotopic (exact) mass is 445 g/mol. The number of primary amides is 1. The summed E-state index contributed by atoms with van der Waals surface area (Å²) in [6.07, 6.45) is 0.696. The van der Waals surface area contributed by atoms with E-state index in [1.54, 1.807) is 36.3 Å². The molecule has 0 atom stereocenters. The lowest BCUT2D eigenvalue weighted by atomic mass is 10.1. The summed E-state index contributed by atoms with van der Waals surface area (Å²) < 4.78 is 7.19. The number of hydrogen-bond acceptors (Lipinski definition) is 6. The van der Waals surface area contributed by atoms with Gasteiger partial charge in [0.15, 0.2) is 5.82 Å². The van der Waals surface area contributed by atoms with Crippen LogP contribution in [0.2, 0.25) is 0 Å². The first kappa shape index (κ1) is 20.8. The zero-order chi connectivity index (χ0) is 22.9. The van der Waals surface area contributed by atoms with Crippen LogP contribution in [0.1, 0.15) is 32.4 Å². The van der Waals surface area contributed by atoms with Gasteiger partial charge in [0.1, 0.15) is 17.2 Å². The Balaban J connectivity index is 1.33. The number of H-pyrrole nitrogens is 1. The number of aromatic amines is 1. The molecule has 1 aliphatic rings. The van der Waals surface area contributed by atoms with Crippen molar-refractivity contribution in [3.8, 4) is 11.4 Å². The minimum atomic E-state index is -0.525. The van der Waals surface area contributed by atoms with E-state index in [-0.39, 0.29) is 5.91 Å². The number of rotatable bonds is 6. The Morgan fingerprint density at radius 1 is 1.12 bits per heavy atom. The summed E-state index contributed by atoms with van der Waals surface area (Å²) in [6.45, 7) is 2.25. The van der Waals surface area contributed by atoms with Crippen LogP contribution in [0.5, 0.6) is 0 Å². The number of benzene rings is 2. The molecule has 0 unspecified atom stereocenters. The highest BCUT2D eigenvalue weighted by Crippen LogP contribution is 2.24. The van der Waals surface area contributed by atoms with Crippen LogP contribution in [-0.4, -0.2) is 61.7 Å². The molecule has 0 fully saturated rings. The highest BCUT2D eigenvalue weighted by atomic mass is 16.5. The Hall–Kier alpha value is -4.05. The van der Waals surface area contributed by atoms with E-state index in [1.165, 1.54) is 0 Å². The van der Waals surface area contributed by atoms with E-state index < -0.39 is 5.91 Å². The van der Waals surface area contributed by atoms with Gasteiger partial charge in [-0.05, 0) is 24.3 Å². The summed E-state index contributed by atoms with van der Waals surface area (Å²) in [7, 11) is 1.66. The van der Waals surface area contributed by atoms with Crippen molar-refractivity contribution in [2.24, 2.45) is 5.73 Å². The molecule has 0 spiro atoms. The quantitative estimate of drug-likeness (QED) is 0.465. The fourth-order valence-corrected chi connectivity index (χ4v) is 4.09. The zero-order valence-electron chi connectivity index (χ0n) is 18.1. The van der Waals surface area contributed by atoms with E-state index in [1.807, 2.05) is 18.2 Å². The van der Waals surface area contributed by atoms with Crippen molar-refractivity contribution in [3.63, 3.8) is 0 Å². The Morgan fingerprint density at radius 2 is 1.94 bits per heavy atom. The van der Waals surface area contributed by atoms with E-state index in [4.69, 9.17) is 10.5 Å². The highest BCUT2D eigenvalue weighted by molar-refractivity contribution is 6.04. The number of carbonyl (C=O) groups is 2. The molecule has 168 valence electrons. The maximum Gasteiger partial charge on any atom is 0.254 e. The molecule has 0 saturated carbocycles. The molecule has 2 amide bonds. The fourth-order valence-electron chi connectivity index (χ4n) is 4.09. The van der Waals surface area contributed by atoms with E-state index in [2.05, 4.69) is 24.7 Å². The van der Waals surface area contributed by atoms with Gasteiger partial charge in [0.2, 0.25) is 0 Å². The number of para-hydroxylation sites is 1. The highest BCUT2D eigenvalue weighted by Gasteiger charge is 2.25. The number of ether oxygens (including phenoxy) is 1. The molecule has 4 aromatic rings. The third-order valence-corrected chi connectivity index (χ3v) is 5.83. The fraction of sp³-hybridized carbons (Fsp3) is 0.261. The first-order valence-corrected chi connectivity index (χ1v) is 10.6. The normalized spacial score (nSPS) is 13.3. The van der Waals surface area contributed by atoms with Gasteiger partial charge in [0.05, 0.1) is 24.2 Å².